The minimum atomic E-state index is 0.0466. The molecular weight excluding hydrogens is 334 g/mol. The lowest BCUT2D eigenvalue weighted by molar-refractivity contribution is -0.114. The number of carbonyl (C=O) groups is 1. The van der Waals surface area contributed by atoms with Gasteiger partial charge in [0.15, 0.2) is 0 Å². The van der Waals surface area contributed by atoms with E-state index in [2.05, 4.69) is 34.1 Å². The first kappa shape index (κ1) is 18.5. The van der Waals surface area contributed by atoms with E-state index in [1.54, 1.807) is 11.0 Å². The van der Waals surface area contributed by atoms with Crippen LogP contribution in [-0.4, -0.2) is 48.4 Å². The Bertz CT molecular complexity index is 663. The summed E-state index contributed by atoms with van der Waals surface area (Å²) in [5.41, 5.74) is 2.38. The van der Waals surface area contributed by atoms with Crippen molar-refractivity contribution in [3.05, 3.63) is 42.1 Å². The summed E-state index contributed by atoms with van der Waals surface area (Å²) in [6, 6.07) is 10.1. The Morgan fingerprint density at radius 3 is 2.48 bits per heavy atom. The van der Waals surface area contributed by atoms with Crippen LogP contribution in [0.15, 0.2) is 36.5 Å². The summed E-state index contributed by atoms with van der Waals surface area (Å²) in [7, 11) is 1.87. The van der Waals surface area contributed by atoms with Crippen LogP contribution in [0.5, 0.6) is 0 Å². The van der Waals surface area contributed by atoms with E-state index in [1.165, 1.54) is 63.5 Å². The van der Waals surface area contributed by atoms with E-state index in [-0.39, 0.29) is 5.91 Å². The summed E-state index contributed by atoms with van der Waals surface area (Å²) in [4.78, 5) is 19.2. The number of hydrogen-bond donors (Lipinski definition) is 0. The molecule has 0 saturated carbocycles. The van der Waals surface area contributed by atoms with Gasteiger partial charge in [0.2, 0.25) is 0 Å². The van der Waals surface area contributed by atoms with Crippen molar-refractivity contribution in [2.45, 2.75) is 63.5 Å². The van der Waals surface area contributed by atoms with Gasteiger partial charge in [-0.2, -0.15) is 0 Å². The molecule has 0 N–H and O–H groups in total. The maximum atomic E-state index is 12.5. The molecule has 2 atom stereocenters. The Morgan fingerprint density at radius 1 is 0.963 bits per heavy atom. The minimum absolute atomic E-state index is 0.0466. The molecule has 0 bridgehead atoms. The highest BCUT2D eigenvalue weighted by molar-refractivity contribution is 6.00. The number of anilines is 1. The van der Waals surface area contributed by atoms with Gasteiger partial charge in [0.1, 0.15) is 0 Å². The lowest BCUT2D eigenvalue weighted by Gasteiger charge is -2.34. The van der Waals surface area contributed by atoms with Crippen LogP contribution in [0, 0.1) is 0 Å². The number of amides is 1. The predicted molar refractivity (Wildman–Crippen MR) is 111 cm³/mol. The smallest absolute Gasteiger partial charge is 0.252 e. The van der Waals surface area contributed by atoms with Gasteiger partial charge < -0.3 is 9.80 Å². The van der Waals surface area contributed by atoms with Crippen LogP contribution in [-0.2, 0) is 4.79 Å². The molecule has 0 aliphatic carbocycles. The Labute approximate surface area is 163 Å². The lowest BCUT2D eigenvalue weighted by Crippen LogP contribution is -2.35. The maximum Gasteiger partial charge on any atom is 0.252 e. The monoisotopic (exact) mass is 367 g/mol. The Hall–Kier alpha value is -1.81. The summed E-state index contributed by atoms with van der Waals surface area (Å²) in [5, 5.41) is 0. The summed E-state index contributed by atoms with van der Waals surface area (Å²) in [6.07, 6.45) is 14.2. The molecule has 3 heterocycles. The van der Waals surface area contributed by atoms with E-state index in [0.717, 1.165) is 24.8 Å². The number of hydrogen-bond acceptors (Lipinski definition) is 3. The topological polar surface area (TPSA) is 26.8 Å². The van der Waals surface area contributed by atoms with Crippen LogP contribution in [0.1, 0.15) is 63.0 Å². The third-order valence-corrected chi connectivity index (χ3v) is 6.66. The lowest BCUT2D eigenvalue weighted by atomic mass is 10.0. The van der Waals surface area contributed by atoms with Gasteiger partial charge in [-0.1, -0.05) is 18.6 Å². The normalized spacial score (nSPS) is 26.3. The standard InChI is InChI=1S/C23H33N3O/c1-24(23(27)14-18-25-15-4-2-5-16-25)20-10-8-19(9-11-20)22-13-12-21-7-3-6-17-26(21)22/h8-11,14,18,21-22H,2-7,12-13,15-17H2,1H3/b18-14-/t21-,22-/m1/s1. The number of likely N-dealkylation sites (N-methyl/N-ethyl adjacent to an activating group) is 1. The third kappa shape index (κ3) is 4.21. The molecule has 0 unspecified atom stereocenters. The molecule has 0 radical (unpaired) electrons. The first-order valence-electron chi connectivity index (χ1n) is 10.8. The summed E-state index contributed by atoms with van der Waals surface area (Å²) in [5.74, 6) is 0.0466. The number of rotatable bonds is 4. The summed E-state index contributed by atoms with van der Waals surface area (Å²) in [6.45, 7) is 3.39. The number of nitrogens with zero attached hydrogens (tertiary/aromatic N) is 3. The van der Waals surface area contributed by atoms with Gasteiger partial charge in [-0.15, -0.1) is 0 Å². The molecule has 3 aliphatic heterocycles. The SMILES string of the molecule is CN(C(=O)/C=C\N1CCCCC1)c1ccc([C@H]2CC[C@H]3CCCCN32)cc1. The van der Waals surface area contributed by atoms with Crippen LogP contribution in [0.25, 0.3) is 0 Å². The van der Waals surface area contributed by atoms with Crippen molar-refractivity contribution in [2.24, 2.45) is 0 Å². The molecule has 0 spiro atoms. The van der Waals surface area contributed by atoms with Crippen molar-refractivity contribution in [3.8, 4) is 0 Å². The predicted octanol–water partition coefficient (Wildman–Crippen LogP) is 4.34. The van der Waals surface area contributed by atoms with Crippen LogP contribution >= 0.6 is 0 Å². The second kappa shape index (κ2) is 8.47. The third-order valence-electron chi connectivity index (χ3n) is 6.66. The highest BCUT2D eigenvalue weighted by Gasteiger charge is 2.35. The van der Waals surface area contributed by atoms with Gasteiger partial charge in [0.25, 0.3) is 5.91 Å². The van der Waals surface area contributed by atoms with Gasteiger partial charge in [-0.25, -0.2) is 0 Å². The minimum Gasteiger partial charge on any atom is -0.377 e. The Balaban J connectivity index is 1.38. The van der Waals surface area contributed by atoms with Crippen molar-refractivity contribution in [2.75, 3.05) is 31.6 Å². The maximum absolute atomic E-state index is 12.5. The van der Waals surface area contributed by atoms with Crippen molar-refractivity contribution in [3.63, 3.8) is 0 Å². The fraction of sp³-hybridized carbons (Fsp3) is 0.609. The Kier molecular flexibility index (Phi) is 5.82. The fourth-order valence-corrected chi connectivity index (χ4v) is 5.01. The average Bonchev–Trinajstić information content (AvgIpc) is 3.16. The van der Waals surface area contributed by atoms with E-state index in [9.17, 15) is 4.79 Å². The molecule has 3 fully saturated rings. The number of benzene rings is 1. The molecule has 1 amide bonds. The molecular formula is C23H33N3O. The van der Waals surface area contributed by atoms with Crippen molar-refractivity contribution in [1.29, 1.82) is 0 Å². The molecule has 4 rings (SSSR count). The van der Waals surface area contributed by atoms with Crippen molar-refractivity contribution < 1.29 is 4.79 Å². The van der Waals surface area contributed by atoms with E-state index < -0.39 is 0 Å². The number of likely N-dealkylation sites (tertiary alicyclic amines) is 1. The second-order valence-corrected chi connectivity index (χ2v) is 8.38. The second-order valence-electron chi connectivity index (χ2n) is 8.38. The van der Waals surface area contributed by atoms with Gasteiger partial charge in [-0.05, 0) is 69.2 Å². The van der Waals surface area contributed by atoms with Gasteiger partial charge >= 0.3 is 0 Å². The quantitative estimate of drug-likeness (QED) is 0.741. The molecule has 0 aromatic heterocycles. The van der Waals surface area contributed by atoms with Crippen molar-refractivity contribution >= 4 is 11.6 Å². The van der Waals surface area contributed by atoms with E-state index in [0.29, 0.717) is 6.04 Å². The highest BCUT2D eigenvalue weighted by Crippen LogP contribution is 2.40. The van der Waals surface area contributed by atoms with Crippen molar-refractivity contribution in [1.82, 2.24) is 9.80 Å². The van der Waals surface area contributed by atoms with E-state index in [4.69, 9.17) is 0 Å². The molecule has 1 aromatic rings. The largest absolute Gasteiger partial charge is 0.377 e. The van der Waals surface area contributed by atoms with Crippen LogP contribution in [0.4, 0.5) is 5.69 Å². The van der Waals surface area contributed by atoms with Crippen LogP contribution in [0.3, 0.4) is 0 Å². The van der Waals surface area contributed by atoms with Gasteiger partial charge in [-0.3, -0.25) is 9.69 Å². The average molecular weight is 368 g/mol. The Morgan fingerprint density at radius 2 is 1.70 bits per heavy atom. The summed E-state index contributed by atoms with van der Waals surface area (Å²) < 4.78 is 0. The fourth-order valence-electron chi connectivity index (χ4n) is 5.01. The van der Waals surface area contributed by atoms with E-state index in [1.807, 2.05) is 13.2 Å². The van der Waals surface area contributed by atoms with E-state index >= 15 is 0 Å². The zero-order valence-electron chi connectivity index (χ0n) is 16.6. The molecule has 146 valence electrons. The number of carbonyl (C=O) groups excluding carboxylic acids is 1. The number of piperidine rings is 2. The first-order chi connectivity index (χ1) is 13.2. The first-order valence-corrected chi connectivity index (χ1v) is 10.8. The zero-order valence-corrected chi connectivity index (χ0v) is 16.6. The molecule has 4 heteroatoms. The van der Waals surface area contributed by atoms with Crippen LogP contribution in [0.2, 0.25) is 0 Å². The van der Waals surface area contributed by atoms with Gasteiger partial charge in [0.05, 0.1) is 0 Å². The summed E-state index contributed by atoms with van der Waals surface area (Å²) >= 11 is 0. The molecule has 3 saturated heterocycles. The van der Waals surface area contributed by atoms with Gasteiger partial charge in [0, 0.05) is 50.2 Å². The molecule has 27 heavy (non-hydrogen) atoms. The van der Waals surface area contributed by atoms with Crippen LogP contribution < -0.4 is 4.90 Å². The molecule has 3 aliphatic rings. The number of fused-ring (bicyclic) bond motifs is 1. The highest BCUT2D eigenvalue weighted by atomic mass is 16.2. The zero-order chi connectivity index (χ0) is 18.6. The molecule has 1 aromatic carbocycles. The molecule has 4 nitrogen and oxygen atoms in total.